The molecule has 2 rings (SSSR count). The standard InChI is InChI=1S/C16H24N4/c1-6-13-9-15(20(5)19-13)16(18-17)14-8-11(3)10(2)7-12(14)4/h7-9,16,18H,6,17H2,1-5H3. The molecular weight excluding hydrogens is 248 g/mol. The van der Waals surface area contributed by atoms with E-state index in [0.29, 0.717) is 0 Å². The quantitative estimate of drug-likeness (QED) is 0.664. The van der Waals surface area contributed by atoms with Crippen molar-refractivity contribution >= 4 is 0 Å². The highest BCUT2D eigenvalue weighted by Gasteiger charge is 2.19. The number of aryl methyl sites for hydroxylation is 5. The highest BCUT2D eigenvalue weighted by atomic mass is 15.3. The van der Waals surface area contributed by atoms with Crippen molar-refractivity contribution in [3.8, 4) is 0 Å². The fourth-order valence-electron chi connectivity index (χ4n) is 2.61. The number of hydrogen-bond donors (Lipinski definition) is 2. The summed E-state index contributed by atoms with van der Waals surface area (Å²) in [6, 6.07) is 6.52. The summed E-state index contributed by atoms with van der Waals surface area (Å²) in [6.07, 6.45) is 0.928. The van der Waals surface area contributed by atoms with Gasteiger partial charge < -0.3 is 0 Å². The molecule has 1 atom stereocenters. The molecule has 20 heavy (non-hydrogen) atoms. The van der Waals surface area contributed by atoms with Crippen LogP contribution in [0.2, 0.25) is 0 Å². The van der Waals surface area contributed by atoms with Crippen molar-refractivity contribution in [1.82, 2.24) is 15.2 Å². The van der Waals surface area contributed by atoms with Gasteiger partial charge in [0.1, 0.15) is 0 Å². The van der Waals surface area contributed by atoms with Gasteiger partial charge in [0.15, 0.2) is 0 Å². The van der Waals surface area contributed by atoms with E-state index in [1.807, 2.05) is 11.7 Å². The molecule has 0 radical (unpaired) electrons. The lowest BCUT2D eigenvalue weighted by Crippen LogP contribution is -2.31. The van der Waals surface area contributed by atoms with Crippen LogP contribution in [0.3, 0.4) is 0 Å². The third-order valence-corrected chi connectivity index (χ3v) is 3.98. The molecule has 0 bridgehead atoms. The maximum atomic E-state index is 5.82. The Morgan fingerprint density at radius 3 is 2.35 bits per heavy atom. The fraction of sp³-hybridized carbons (Fsp3) is 0.438. The molecule has 0 spiro atoms. The summed E-state index contributed by atoms with van der Waals surface area (Å²) in [4.78, 5) is 0. The largest absolute Gasteiger partial charge is 0.271 e. The van der Waals surface area contributed by atoms with Crippen LogP contribution in [0, 0.1) is 20.8 Å². The smallest absolute Gasteiger partial charge is 0.0880 e. The molecule has 0 saturated heterocycles. The number of nitrogens with two attached hydrogens (primary N) is 1. The van der Waals surface area contributed by atoms with E-state index < -0.39 is 0 Å². The van der Waals surface area contributed by atoms with Crippen LogP contribution in [0.1, 0.15) is 46.6 Å². The van der Waals surface area contributed by atoms with Crippen molar-refractivity contribution in [2.45, 2.75) is 40.2 Å². The molecule has 0 aliphatic rings. The van der Waals surface area contributed by atoms with Crippen molar-refractivity contribution in [2.24, 2.45) is 12.9 Å². The monoisotopic (exact) mass is 272 g/mol. The predicted octanol–water partition coefficient (Wildman–Crippen LogP) is 2.46. The van der Waals surface area contributed by atoms with Crippen LogP contribution in [0.15, 0.2) is 18.2 Å². The summed E-state index contributed by atoms with van der Waals surface area (Å²) in [7, 11) is 1.97. The van der Waals surface area contributed by atoms with Gasteiger partial charge in [0.25, 0.3) is 0 Å². The SMILES string of the molecule is CCc1cc(C(NN)c2cc(C)c(C)cc2C)n(C)n1. The zero-order chi connectivity index (χ0) is 14.9. The van der Waals surface area contributed by atoms with E-state index in [2.05, 4.69) is 56.4 Å². The number of hydrazine groups is 1. The summed E-state index contributed by atoms with van der Waals surface area (Å²) in [5.74, 6) is 5.82. The molecule has 2 aromatic rings. The van der Waals surface area contributed by atoms with Crippen LogP contribution in [0.5, 0.6) is 0 Å². The molecule has 0 fully saturated rings. The minimum atomic E-state index is -0.0351. The maximum absolute atomic E-state index is 5.82. The minimum Gasteiger partial charge on any atom is -0.271 e. The lowest BCUT2D eigenvalue weighted by atomic mass is 9.94. The molecule has 1 heterocycles. The first-order valence-corrected chi connectivity index (χ1v) is 7.04. The third-order valence-electron chi connectivity index (χ3n) is 3.98. The summed E-state index contributed by atoms with van der Waals surface area (Å²) in [5, 5.41) is 4.51. The van der Waals surface area contributed by atoms with Crippen molar-refractivity contribution in [2.75, 3.05) is 0 Å². The second-order valence-electron chi connectivity index (χ2n) is 5.43. The molecule has 1 aromatic heterocycles. The lowest BCUT2D eigenvalue weighted by molar-refractivity contribution is 0.571. The van der Waals surface area contributed by atoms with Crippen LogP contribution in [-0.2, 0) is 13.5 Å². The Hall–Kier alpha value is -1.65. The van der Waals surface area contributed by atoms with Gasteiger partial charge in [0.2, 0.25) is 0 Å². The van der Waals surface area contributed by atoms with E-state index in [0.717, 1.165) is 17.8 Å². The van der Waals surface area contributed by atoms with Crippen LogP contribution < -0.4 is 11.3 Å². The molecule has 4 heteroatoms. The second kappa shape index (κ2) is 5.77. The number of aromatic nitrogens is 2. The average Bonchev–Trinajstić information content (AvgIpc) is 2.78. The van der Waals surface area contributed by atoms with Crippen LogP contribution in [0.25, 0.3) is 0 Å². The number of rotatable bonds is 4. The van der Waals surface area contributed by atoms with E-state index in [4.69, 9.17) is 5.84 Å². The zero-order valence-corrected chi connectivity index (χ0v) is 13.0. The minimum absolute atomic E-state index is 0.0351. The van der Waals surface area contributed by atoms with Crippen molar-refractivity contribution in [3.05, 3.63) is 51.8 Å². The van der Waals surface area contributed by atoms with Gasteiger partial charge in [-0.25, -0.2) is 5.43 Å². The van der Waals surface area contributed by atoms with E-state index >= 15 is 0 Å². The van der Waals surface area contributed by atoms with Gasteiger partial charge in [-0.2, -0.15) is 5.10 Å². The molecule has 0 saturated carbocycles. The Labute approximate surface area is 121 Å². The highest BCUT2D eigenvalue weighted by molar-refractivity contribution is 5.41. The number of hydrogen-bond acceptors (Lipinski definition) is 3. The van der Waals surface area contributed by atoms with Crippen LogP contribution in [-0.4, -0.2) is 9.78 Å². The Kier molecular flexibility index (Phi) is 4.26. The van der Waals surface area contributed by atoms with Gasteiger partial charge in [-0.15, -0.1) is 0 Å². The predicted molar refractivity (Wildman–Crippen MR) is 82.4 cm³/mol. The summed E-state index contributed by atoms with van der Waals surface area (Å²) >= 11 is 0. The molecule has 0 aliphatic heterocycles. The van der Waals surface area contributed by atoms with Gasteiger partial charge in [0, 0.05) is 7.05 Å². The normalized spacial score (nSPS) is 12.7. The molecule has 1 unspecified atom stereocenters. The molecule has 4 nitrogen and oxygen atoms in total. The van der Waals surface area contributed by atoms with Gasteiger partial charge in [0.05, 0.1) is 17.4 Å². The Morgan fingerprint density at radius 1 is 1.15 bits per heavy atom. The zero-order valence-electron chi connectivity index (χ0n) is 13.0. The molecule has 0 amide bonds. The second-order valence-corrected chi connectivity index (χ2v) is 5.43. The first kappa shape index (κ1) is 14.8. The number of benzene rings is 1. The molecule has 3 N–H and O–H groups in total. The number of nitrogens with one attached hydrogen (secondary N) is 1. The number of nitrogens with zero attached hydrogens (tertiary/aromatic N) is 2. The first-order chi connectivity index (χ1) is 9.47. The molecule has 1 aromatic carbocycles. The van der Waals surface area contributed by atoms with Gasteiger partial charge >= 0.3 is 0 Å². The summed E-state index contributed by atoms with van der Waals surface area (Å²) in [5.41, 5.74) is 10.2. The van der Waals surface area contributed by atoms with E-state index in [1.54, 1.807) is 0 Å². The van der Waals surface area contributed by atoms with Crippen LogP contribution >= 0.6 is 0 Å². The maximum Gasteiger partial charge on any atom is 0.0880 e. The average molecular weight is 272 g/mol. The van der Waals surface area contributed by atoms with Crippen molar-refractivity contribution in [1.29, 1.82) is 0 Å². The lowest BCUT2D eigenvalue weighted by Gasteiger charge is -2.20. The topological polar surface area (TPSA) is 55.9 Å². The van der Waals surface area contributed by atoms with Crippen molar-refractivity contribution in [3.63, 3.8) is 0 Å². The van der Waals surface area contributed by atoms with Gasteiger partial charge in [-0.1, -0.05) is 19.1 Å². The van der Waals surface area contributed by atoms with E-state index in [-0.39, 0.29) is 6.04 Å². The van der Waals surface area contributed by atoms with Gasteiger partial charge in [-0.3, -0.25) is 10.5 Å². The third kappa shape index (κ3) is 2.62. The highest BCUT2D eigenvalue weighted by Crippen LogP contribution is 2.27. The fourth-order valence-corrected chi connectivity index (χ4v) is 2.61. The Morgan fingerprint density at radius 2 is 1.80 bits per heavy atom. The molecule has 108 valence electrons. The summed E-state index contributed by atoms with van der Waals surface area (Å²) in [6.45, 7) is 8.50. The molecule has 0 aliphatic carbocycles. The van der Waals surface area contributed by atoms with E-state index in [1.165, 1.54) is 22.3 Å². The van der Waals surface area contributed by atoms with E-state index in [9.17, 15) is 0 Å². The van der Waals surface area contributed by atoms with Gasteiger partial charge in [-0.05, 0) is 55.5 Å². The summed E-state index contributed by atoms with van der Waals surface area (Å²) < 4.78 is 1.91. The Bertz CT molecular complexity index is 613. The van der Waals surface area contributed by atoms with Crippen molar-refractivity contribution < 1.29 is 0 Å². The molecular formula is C16H24N4. The Balaban J connectivity index is 2.52. The van der Waals surface area contributed by atoms with Crippen LogP contribution in [0.4, 0.5) is 0 Å². The first-order valence-electron chi connectivity index (χ1n) is 7.04.